The van der Waals surface area contributed by atoms with Gasteiger partial charge in [0.2, 0.25) is 5.89 Å². The molecule has 0 spiro atoms. The first-order chi connectivity index (χ1) is 16.4. The minimum absolute atomic E-state index is 0.0501. The Bertz CT molecular complexity index is 930. The highest BCUT2D eigenvalue weighted by atomic mass is 16.3. The second-order valence-electron chi connectivity index (χ2n) is 9.78. The van der Waals surface area contributed by atoms with Gasteiger partial charge in [0.05, 0.1) is 12.6 Å². The average molecular weight is 470 g/mol. The molecule has 2 aliphatic heterocycles. The molecule has 186 valence electrons. The van der Waals surface area contributed by atoms with Crippen molar-refractivity contribution in [3.8, 4) is 0 Å². The first kappa shape index (κ1) is 24.7. The van der Waals surface area contributed by atoms with Crippen LogP contribution in [0.1, 0.15) is 42.7 Å². The Balaban J connectivity index is 1.25. The van der Waals surface area contributed by atoms with Crippen LogP contribution in [0.4, 0.5) is 5.69 Å². The van der Waals surface area contributed by atoms with E-state index in [1.807, 2.05) is 18.7 Å². The maximum atomic E-state index is 13.0. The summed E-state index contributed by atoms with van der Waals surface area (Å²) in [7, 11) is 0. The van der Waals surface area contributed by atoms with Crippen LogP contribution in [0.2, 0.25) is 0 Å². The number of oxazole rings is 1. The van der Waals surface area contributed by atoms with E-state index in [4.69, 9.17) is 4.42 Å². The number of piperazine rings is 2. The third-order valence-electron chi connectivity index (χ3n) is 7.09. The van der Waals surface area contributed by atoms with E-state index in [0.717, 1.165) is 52.2 Å². The van der Waals surface area contributed by atoms with Crippen molar-refractivity contribution in [1.29, 1.82) is 0 Å². The monoisotopic (exact) mass is 469 g/mol. The Hall–Kier alpha value is -2.42. The average Bonchev–Trinajstić information content (AvgIpc) is 3.33. The fraction of sp³-hybridized carbons (Fsp3) is 0.615. The lowest BCUT2D eigenvalue weighted by Gasteiger charge is -2.36. The van der Waals surface area contributed by atoms with E-state index in [1.165, 1.54) is 17.5 Å². The van der Waals surface area contributed by atoms with Gasteiger partial charge in [-0.1, -0.05) is 39.0 Å². The van der Waals surface area contributed by atoms with E-state index < -0.39 is 0 Å². The van der Waals surface area contributed by atoms with Gasteiger partial charge < -0.3 is 19.3 Å². The Morgan fingerprint density at radius 3 is 2.38 bits per heavy atom. The minimum atomic E-state index is -0.282. The number of aromatic nitrogens is 1. The number of aliphatic hydroxyl groups excluding tert-OH is 1. The SMILES string of the molecule is CCc1ccccc1N1CCN(C(=O)c2coc(CN3CCN(CC(O)C(C)C)CC3)n2)CC1. The molecule has 0 aliphatic carbocycles. The van der Waals surface area contributed by atoms with Crippen LogP contribution in [0.3, 0.4) is 0 Å². The summed E-state index contributed by atoms with van der Waals surface area (Å²) in [5.41, 5.74) is 3.02. The number of para-hydroxylation sites is 1. The zero-order valence-electron chi connectivity index (χ0n) is 20.8. The van der Waals surface area contributed by atoms with Crippen molar-refractivity contribution < 1.29 is 14.3 Å². The fourth-order valence-corrected chi connectivity index (χ4v) is 4.71. The number of aryl methyl sites for hydroxylation is 1. The van der Waals surface area contributed by atoms with Crippen molar-refractivity contribution in [2.45, 2.75) is 39.8 Å². The normalized spacial score (nSPS) is 19.1. The van der Waals surface area contributed by atoms with Crippen molar-refractivity contribution in [2.75, 3.05) is 63.8 Å². The summed E-state index contributed by atoms with van der Waals surface area (Å²) in [4.78, 5) is 26.4. The molecule has 4 rings (SSSR count). The van der Waals surface area contributed by atoms with Crippen molar-refractivity contribution in [3.05, 3.63) is 47.7 Å². The van der Waals surface area contributed by atoms with Gasteiger partial charge in [-0.15, -0.1) is 0 Å². The zero-order chi connectivity index (χ0) is 24.1. The second kappa shape index (κ2) is 11.3. The number of carbonyl (C=O) groups excluding carboxylic acids is 1. The summed E-state index contributed by atoms with van der Waals surface area (Å²) in [6, 6.07) is 8.52. The molecule has 1 atom stereocenters. The van der Waals surface area contributed by atoms with Crippen LogP contribution in [0.5, 0.6) is 0 Å². The topological polar surface area (TPSA) is 76.3 Å². The lowest BCUT2D eigenvalue weighted by molar-refractivity contribution is 0.0463. The lowest BCUT2D eigenvalue weighted by Crippen LogP contribution is -2.49. The Kier molecular flexibility index (Phi) is 8.24. The van der Waals surface area contributed by atoms with Crippen molar-refractivity contribution in [2.24, 2.45) is 5.92 Å². The van der Waals surface area contributed by atoms with Crippen LogP contribution in [-0.2, 0) is 13.0 Å². The van der Waals surface area contributed by atoms with Gasteiger partial charge in [-0.3, -0.25) is 14.6 Å². The van der Waals surface area contributed by atoms with E-state index >= 15 is 0 Å². The van der Waals surface area contributed by atoms with Crippen LogP contribution in [0, 0.1) is 5.92 Å². The number of amides is 1. The Labute approximate surface area is 203 Å². The van der Waals surface area contributed by atoms with E-state index in [1.54, 1.807) is 0 Å². The van der Waals surface area contributed by atoms with Crippen molar-refractivity contribution >= 4 is 11.6 Å². The van der Waals surface area contributed by atoms with Gasteiger partial charge in [0, 0.05) is 64.6 Å². The van der Waals surface area contributed by atoms with Crippen molar-refractivity contribution in [3.63, 3.8) is 0 Å². The van der Waals surface area contributed by atoms with Crippen LogP contribution in [0.25, 0.3) is 0 Å². The lowest BCUT2D eigenvalue weighted by atomic mass is 10.1. The van der Waals surface area contributed by atoms with Gasteiger partial charge in [-0.25, -0.2) is 4.98 Å². The minimum Gasteiger partial charge on any atom is -0.447 e. The summed E-state index contributed by atoms with van der Waals surface area (Å²) in [6.07, 6.45) is 2.23. The first-order valence-electron chi connectivity index (χ1n) is 12.6. The van der Waals surface area contributed by atoms with Gasteiger partial charge in [-0.2, -0.15) is 0 Å². The number of hydrogen-bond acceptors (Lipinski definition) is 7. The summed E-state index contributed by atoms with van der Waals surface area (Å²) in [5.74, 6) is 0.817. The van der Waals surface area contributed by atoms with Crippen molar-refractivity contribution in [1.82, 2.24) is 19.7 Å². The van der Waals surface area contributed by atoms with E-state index in [9.17, 15) is 9.90 Å². The largest absolute Gasteiger partial charge is 0.447 e. The maximum Gasteiger partial charge on any atom is 0.275 e. The summed E-state index contributed by atoms with van der Waals surface area (Å²) in [5, 5.41) is 10.1. The van der Waals surface area contributed by atoms with Gasteiger partial charge >= 0.3 is 0 Å². The molecule has 3 heterocycles. The molecule has 1 amide bonds. The second-order valence-corrected chi connectivity index (χ2v) is 9.78. The molecule has 8 nitrogen and oxygen atoms in total. The quantitative estimate of drug-likeness (QED) is 0.636. The number of anilines is 1. The smallest absolute Gasteiger partial charge is 0.275 e. The molecule has 2 fully saturated rings. The number of aliphatic hydroxyl groups is 1. The predicted molar refractivity (Wildman–Crippen MR) is 133 cm³/mol. The molecule has 0 bridgehead atoms. The van der Waals surface area contributed by atoms with Gasteiger partial charge in [0.25, 0.3) is 5.91 Å². The van der Waals surface area contributed by atoms with Crippen LogP contribution < -0.4 is 4.90 Å². The third-order valence-corrected chi connectivity index (χ3v) is 7.09. The van der Waals surface area contributed by atoms with Crippen LogP contribution >= 0.6 is 0 Å². The van der Waals surface area contributed by atoms with Crippen LogP contribution in [0.15, 0.2) is 34.9 Å². The maximum absolute atomic E-state index is 13.0. The number of rotatable bonds is 8. The molecule has 0 radical (unpaired) electrons. The fourth-order valence-electron chi connectivity index (χ4n) is 4.71. The van der Waals surface area contributed by atoms with Gasteiger partial charge in [-0.05, 0) is 24.0 Å². The summed E-state index contributed by atoms with van der Waals surface area (Å²) >= 11 is 0. The van der Waals surface area contributed by atoms with E-state index in [0.29, 0.717) is 31.2 Å². The molecular formula is C26H39N5O3. The molecule has 0 saturated carbocycles. The Morgan fingerprint density at radius 2 is 1.71 bits per heavy atom. The molecule has 2 saturated heterocycles. The number of benzene rings is 1. The van der Waals surface area contributed by atoms with Gasteiger partial charge in [0.15, 0.2) is 5.69 Å². The highest BCUT2D eigenvalue weighted by Gasteiger charge is 2.26. The number of nitrogens with zero attached hydrogens (tertiary/aromatic N) is 5. The molecule has 34 heavy (non-hydrogen) atoms. The molecule has 1 aromatic carbocycles. The standard InChI is InChI=1S/C26H39N5O3/c1-4-21-7-5-6-8-23(21)30-13-15-31(16-14-30)26(33)22-19-34-25(27-22)18-29-11-9-28(10-12-29)17-24(32)20(2)3/h5-8,19-20,24,32H,4,9-18H2,1-3H3. The molecule has 8 heteroatoms. The zero-order valence-corrected chi connectivity index (χ0v) is 20.8. The predicted octanol–water partition coefficient (Wildman–Crippen LogP) is 2.33. The van der Waals surface area contributed by atoms with Crippen LogP contribution in [-0.4, -0.2) is 95.7 Å². The Morgan fingerprint density at radius 1 is 1.03 bits per heavy atom. The highest BCUT2D eigenvalue weighted by Crippen LogP contribution is 2.23. The molecular weight excluding hydrogens is 430 g/mol. The number of carbonyl (C=O) groups is 1. The molecule has 1 aromatic heterocycles. The van der Waals surface area contributed by atoms with E-state index in [2.05, 4.69) is 50.9 Å². The molecule has 2 aliphatic rings. The number of hydrogen-bond donors (Lipinski definition) is 1. The van der Waals surface area contributed by atoms with Gasteiger partial charge in [0.1, 0.15) is 6.26 Å². The first-order valence-corrected chi connectivity index (χ1v) is 12.6. The molecule has 1 N–H and O–H groups in total. The molecule has 2 aromatic rings. The summed E-state index contributed by atoms with van der Waals surface area (Å²) < 4.78 is 5.66. The third kappa shape index (κ3) is 5.98. The number of β-amino-alcohol motifs (C(OH)–C–C–N with tert-alkyl or cyclic N) is 1. The van der Waals surface area contributed by atoms with E-state index in [-0.39, 0.29) is 17.9 Å². The summed E-state index contributed by atoms with van der Waals surface area (Å²) in [6.45, 7) is 14.3. The highest BCUT2D eigenvalue weighted by molar-refractivity contribution is 5.92. The molecule has 1 unspecified atom stereocenters.